The molecule has 0 saturated heterocycles. The van der Waals surface area contributed by atoms with Gasteiger partial charge in [0, 0.05) is 18.0 Å². The average Bonchev–Trinajstić information content (AvgIpc) is 2.54. The van der Waals surface area contributed by atoms with Crippen LogP contribution in [0.5, 0.6) is 5.75 Å². The van der Waals surface area contributed by atoms with Gasteiger partial charge in [0.1, 0.15) is 23.2 Å². The zero-order chi connectivity index (χ0) is 17.7. The van der Waals surface area contributed by atoms with Gasteiger partial charge in [-0.1, -0.05) is 6.07 Å². The van der Waals surface area contributed by atoms with Gasteiger partial charge in [-0.2, -0.15) is 4.98 Å². The third-order valence-corrected chi connectivity index (χ3v) is 3.16. The van der Waals surface area contributed by atoms with Crippen molar-refractivity contribution in [3.63, 3.8) is 0 Å². The fourth-order valence-corrected chi connectivity index (χ4v) is 1.83. The second kappa shape index (κ2) is 7.27. The van der Waals surface area contributed by atoms with Crippen LogP contribution in [0.15, 0.2) is 30.5 Å². The molecule has 0 fully saturated rings. The lowest BCUT2D eigenvalue weighted by Gasteiger charge is -2.14. The Bertz CT molecular complexity index is 765. The first-order valence-electron chi connectivity index (χ1n) is 7.04. The predicted molar refractivity (Wildman–Crippen MR) is 89.1 cm³/mol. The molecule has 2 aromatic rings. The van der Waals surface area contributed by atoms with Crippen molar-refractivity contribution in [1.29, 1.82) is 0 Å². The van der Waals surface area contributed by atoms with E-state index in [4.69, 9.17) is 16.2 Å². The number of anilines is 3. The van der Waals surface area contributed by atoms with Crippen LogP contribution in [-0.4, -0.2) is 34.9 Å². The molecule has 0 aliphatic rings. The number of aromatic nitrogens is 2. The number of nitrogens with two attached hydrogens (primary N) is 2. The first-order chi connectivity index (χ1) is 11.4. The third-order valence-electron chi connectivity index (χ3n) is 3.16. The first kappa shape index (κ1) is 17.0. The summed E-state index contributed by atoms with van der Waals surface area (Å²) in [4.78, 5) is 30.8. The van der Waals surface area contributed by atoms with Crippen LogP contribution in [0.2, 0.25) is 0 Å². The number of carbonyl (C=O) groups excluding carboxylic acids is 2. The minimum absolute atomic E-state index is 0.107. The molecule has 0 aliphatic carbocycles. The largest absolute Gasteiger partial charge is 0.497 e. The maximum Gasteiger partial charge on any atom is 0.254 e. The second-order valence-corrected chi connectivity index (χ2v) is 4.95. The molecule has 2 rings (SSSR count). The van der Waals surface area contributed by atoms with Gasteiger partial charge >= 0.3 is 0 Å². The monoisotopic (exact) mass is 330 g/mol. The maximum absolute atomic E-state index is 11.6. The van der Waals surface area contributed by atoms with Gasteiger partial charge in [-0.25, -0.2) is 4.98 Å². The number of benzene rings is 1. The van der Waals surface area contributed by atoms with Crippen LogP contribution in [0.1, 0.15) is 17.3 Å². The maximum atomic E-state index is 11.6. The number of hydrogen-bond donors (Lipinski definition) is 4. The number of primary amides is 2. The number of methoxy groups -OCH3 is 1. The highest BCUT2D eigenvalue weighted by Crippen LogP contribution is 2.23. The molecule has 24 heavy (non-hydrogen) atoms. The van der Waals surface area contributed by atoms with E-state index < -0.39 is 17.9 Å². The Balaban J connectivity index is 2.34. The SMILES string of the molecule is COc1cccc(Nc2nc(NC(C)C(N)=O)ncc2C(N)=O)c1. The van der Waals surface area contributed by atoms with Crippen LogP contribution in [-0.2, 0) is 4.79 Å². The van der Waals surface area contributed by atoms with Gasteiger partial charge in [0.2, 0.25) is 11.9 Å². The topological polar surface area (TPSA) is 145 Å². The van der Waals surface area contributed by atoms with E-state index in [1.165, 1.54) is 6.20 Å². The summed E-state index contributed by atoms with van der Waals surface area (Å²) in [6.45, 7) is 1.57. The van der Waals surface area contributed by atoms with Crippen molar-refractivity contribution in [2.45, 2.75) is 13.0 Å². The second-order valence-electron chi connectivity index (χ2n) is 4.95. The fraction of sp³-hybridized carbons (Fsp3) is 0.200. The molecule has 0 radical (unpaired) electrons. The molecule has 1 aromatic heterocycles. The normalized spacial score (nSPS) is 11.4. The van der Waals surface area contributed by atoms with E-state index in [9.17, 15) is 9.59 Å². The van der Waals surface area contributed by atoms with E-state index in [1.807, 2.05) is 0 Å². The van der Waals surface area contributed by atoms with E-state index in [-0.39, 0.29) is 17.3 Å². The first-order valence-corrected chi connectivity index (χ1v) is 7.04. The Hall–Kier alpha value is -3.36. The molecule has 0 bridgehead atoms. The van der Waals surface area contributed by atoms with E-state index in [0.29, 0.717) is 11.4 Å². The van der Waals surface area contributed by atoms with Gasteiger partial charge in [0.25, 0.3) is 5.91 Å². The molecule has 0 aliphatic heterocycles. The molecule has 9 heteroatoms. The molecule has 1 heterocycles. The van der Waals surface area contributed by atoms with Crippen LogP contribution in [0.25, 0.3) is 0 Å². The molecule has 1 atom stereocenters. The van der Waals surface area contributed by atoms with Crippen LogP contribution in [0, 0.1) is 0 Å². The fourth-order valence-electron chi connectivity index (χ4n) is 1.83. The van der Waals surface area contributed by atoms with Crippen LogP contribution in [0.4, 0.5) is 17.5 Å². The van der Waals surface area contributed by atoms with Gasteiger partial charge in [-0.05, 0) is 19.1 Å². The minimum atomic E-state index is -0.685. The van der Waals surface area contributed by atoms with E-state index in [0.717, 1.165) is 0 Å². The highest BCUT2D eigenvalue weighted by Gasteiger charge is 2.15. The predicted octanol–water partition coefficient (Wildman–Crippen LogP) is 0.613. The molecule has 0 saturated carbocycles. The lowest BCUT2D eigenvalue weighted by molar-refractivity contribution is -0.118. The number of nitrogens with one attached hydrogen (secondary N) is 2. The average molecular weight is 330 g/mol. The molecule has 0 spiro atoms. The van der Waals surface area contributed by atoms with E-state index in [2.05, 4.69) is 20.6 Å². The van der Waals surface area contributed by atoms with Crippen LogP contribution >= 0.6 is 0 Å². The summed E-state index contributed by atoms with van der Waals surface area (Å²) in [5.74, 6) is -0.272. The molecule has 1 aromatic carbocycles. The highest BCUT2D eigenvalue weighted by molar-refractivity contribution is 5.98. The summed E-state index contributed by atoms with van der Waals surface area (Å²) in [6.07, 6.45) is 1.27. The highest BCUT2D eigenvalue weighted by atomic mass is 16.5. The Morgan fingerprint density at radius 2 is 2.04 bits per heavy atom. The molecular formula is C15H18N6O3. The van der Waals surface area contributed by atoms with Crippen molar-refractivity contribution in [2.24, 2.45) is 11.5 Å². The number of amides is 2. The van der Waals surface area contributed by atoms with Gasteiger partial charge in [-0.15, -0.1) is 0 Å². The van der Waals surface area contributed by atoms with E-state index >= 15 is 0 Å². The summed E-state index contributed by atoms with van der Waals surface area (Å²) in [7, 11) is 1.55. The lowest BCUT2D eigenvalue weighted by atomic mass is 10.2. The molecule has 2 amide bonds. The van der Waals surface area contributed by atoms with Gasteiger partial charge < -0.3 is 26.8 Å². The zero-order valence-electron chi connectivity index (χ0n) is 13.2. The Morgan fingerprint density at radius 3 is 2.67 bits per heavy atom. The Morgan fingerprint density at radius 1 is 1.29 bits per heavy atom. The Labute approximate surface area is 138 Å². The van der Waals surface area contributed by atoms with Crippen molar-refractivity contribution >= 4 is 29.3 Å². The van der Waals surface area contributed by atoms with Crippen LogP contribution < -0.4 is 26.8 Å². The van der Waals surface area contributed by atoms with Gasteiger partial charge in [0.15, 0.2) is 0 Å². The van der Waals surface area contributed by atoms with Gasteiger partial charge in [-0.3, -0.25) is 9.59 Å². The molecule has 1 unspecified atom stereocenters. The molecule has 9 nitrogen and oxygen atoms in total. The van der Waals surface area contributed by atoms with Crippen molar-refractivity contribution < 1.29 is 14.3 Å². The number of ether oxygens (including phenoxy) is 1. The van der Waals surface area contributed by atoms with Crippen molar-refractivity contribution in [1.82, 2.24) is 9.97 Å². The van der Waals surface area contributed by atoms with Crippen molar-refractivity contribution in [3.05, 3.63) is 36.0 Å². The lowest BCUT2D eigenvalue weighted by Crippen LogP contribution is -2.33. The van der Waals surface area contributed by atoms with Crippen molar-refractivity contribution in [3.8, 4) is 5.75 Å². The molecule has 6 N–H and O–H groups in total. The van der Waals surface area contributed by atoms with Gasteiger partial charge in [0.05, 0.1) is 7.11 Å². The van der Waals surface area contributed by atoms with Crippen LogP contribution in [0.3, 0.4) is 0 Å². The smallest absolute Gasteiger partial charge is 0.254 e. The molecule has 126 valence electrons. The number of carbonyl (C=O) groups is 2. The standard InChI is InChI=1S/C15H18N6O3/c1-8(12(16)22)19-15-18-7-11(13(17)23)14(21-15)20-9-4-3-5-10(6-9)24-2/h3-8H,1-2H3,(H2,16,22)(H2,17,23)(H2,18,19,20,21). The molecular weight excluding hydrogens is 312 g/mol. The Kier molecular flexibility index (Phi) is 5.15. The minimum Gasteiger partial charge on any atom is -0.497 e. The van der Waals surface area contributed by atoms with Crippen molar-refractivity contribution in [2.75, 3.05) is 17.7 Å². The summed E-state index contributed by atoms with van der Waals surface area (Å²) < 4.78 is 5.14. The zero-order valence-corrected chi connectivity index (χ0v) is 13.2. The summed E-state index contributed by atoms with van der Waals surface area (Å²) in [5.41, 5.74) is 11.3. The third kappa shape index (κ3) is 4.09. The number of hydrogen-bond acceptors (Lipinski definition) is 7. The summed E-state index contributed by atoms with van der Waals surface area (Å²) >= 11 is 0. The quantitative estimate of drug-likeness (QED) is 0.582. The number of nitrogens with zero attached hydrogens (tertiary/aromatic N) is 2. The van der Waals surface area contributed by atoms with E-state index in [1.54, 1.807) is 38.3 Å². The summed E-state index contributed by atoms with van der Waals surface area (Å²) in [6, 6.07) is 6.39. The summed E-state index contributed by atoms with van der Waals surface area (Å²) in [5, 5.41) is 5.73. The number of rotatable bonds is 7.